The highest BCUT2D eigenvalue weighted by molar-refractivity contribution is 7.98. The van der Waals surface area contributed by atoms with Crippen molar-refractivity contribution in [2.75, 3.05) is 6.26 Å². The molecule has 3 aromatic rings. The second kappa shape index (κ2) is 11.9. The highest BCUT2D eigenvalue weighted by Crippen LogP contribution is 2.28. The zero-order valence-corrected chi connectivity index (χ0v) is 22.7. The molecule has 0 saturated carbocycles. The smallest absolute Gasteiger partial charge is 0.330 e. The maximum absolute atomic E-state index is 13.0. The number of aromatic nitrogens is 2. The Morgan fingerprint density at radius 2 is 1.83 bits per heavy atom. The Labute approximate surface area is 217 Å². The number of imidazole rings is 1. The van der Waals surface area contributed by atoms with E-state index in [9.17, 15) is 18.3 Å². The lowest BCUT2D eigenvalue weighted by molar-refractivity contribution is 0.0326. The van der Waals surface area contributed by atoms with Crippen LogP contribution in [-0.4, -0.2) is 41.1 Å². The van der Waals surface area contributed by atoms with Crippen molar-refractivity contribution in [3.05, 3.63) is 66.1 Å². The number of urea groups is 1. The van der Waals surface area contributed by atoms with Crippen LogP contribution in [0, 0.1) is 0 Å². The molecule has 36 heavy (non-hydrogen) atoms. The zero-order valence-electron chi connectivity index (χ0n) is 21.1. The number of carbonyl (C=O) groups excluding carboxylic acids is 1. The van der Waals surface area contributed by atoms with E-state index < -0.39 is 21.8 Å². The second-order valence-corrected chi connectivity index (χ2v) is 11.3. The van der Waals surface area contributed by atoms with Crippen molar-refractivity contribution in [3.63, 3.8) is 0 Å². The number of sulfonamides is 1. The molecule has 1 unspecified atom stereocenters. The number of hydrogen-bond donors (Lipinski definition) is 3. The van der Waals surface area contributed by atoms with Gasteiger partial charge in [0.25, 0.3) is 10.0 Å². The minimum atomic E-state index is -4.18. The van der Waals surface area contributed by atoms with Crippen LogP contribution in [0.5, 0.6) is 0 Å². The molecule has 0 bridgehead atoms. The number of nitrogens with zero attached hydrogens (tertiary/aromatic N) is 2. The number of benzene rings is 2. The summed E-state index contributed by atoms with van der Waals surface area (Å²) in [7, 11) is -4.18. The van der Waals surface area contributed by atoms with Crippen LogP contribution in [0.25, 0.3) is 11.1 Å². The Morgan fingerprint density at radius 1 is 1.14 bits per heavy atom. The van der Waals surface area contributed by atoms with Crippen LogP contribution in [0.4, 0.5) is 4.79 Å². The molecule has 8 nitrogen and oxygen atoms in total. The lowest BCUT2D eigenvalue weighted by atomic mass is 10.0. The number of thioether (sulfide) groups is 1. The Hall–Kier alpha value is -2.82. The zero-order chi connectivity index (χ0) is 26.3. The van der Waals surface area contributed by atoms with Crippen molar-refractivity contribution in [3.8, 4) is 11.1 Å². The average molecular weight is 531 g/mol. The van der Waals surface area contributed by atoms with Gasteiger partial charge in [0, 0.05) is 24.7 Å². The third-order valence-corrected chi connectivity index (χ3v) is 7.90. The van der Waals surface area contributed by atoms with Crippen LogP contribution >= 0.6 is 11.8 Å². The van der Waals surface area contributed by atoms with Crippen LogP contribution in [0.2, 0.25) is 0 Å². The summed E-state index contributed by atoms with van der Waals surface area (Å²) in [5.74, 6) is 1.06. The molecular formula is C26H34N4O4S2. The van der Waals surface area contributed by atoms with Crippen molar-refractivity contribution in [2.45, 2.75) is 68.6 Å². The molecule has 10 heteroatoms. The minimum Gasteiger partial charge on any atom is -0.371 e. The number of aliphatic hydroxyl groups is 1. The number of amides is 2. The Bertz CT molecular complexity index is 1290. The molecule has 0 spiro atoms. The largest absolute Gasteiger partial charge is 0.371 e. The van der Waals surface area contributed by atoms with Crippen molar-refractivity contribution in [1.29, 1.82) is 0 Å². The van der Waals surface area contributed by atoms with E-state index in [0.29, 0.717) is 17.7 Å². The van der Waals surface area contributed by atoms with E-state index in [4.69, 9.17) is 4.98 Å². The summed E-state index contributed by atoms with van der Waals surface area (Å²) in [6.45, 7) is 5.91. The molecule has 0 aliphatic carbocycles. The predicted octanol–water partition coefficient (Wildman–Crippen LogP) is 4.77. The third kappa shape index (κ3) is 7.11. The summed E-state index contributed by atoms with van der Waals surface area (Å²) >= 11 is 1.62. The highest BCUT2D eigenvalue weighted by atomic mass is 32.2. The number of aryl methyl sites for hydroxylation is 1. The Kier molecular flexibility index (Phi) is 9.21. The Morgan fingerprint density at radius 3 is 2.47 bits per heavy atom. The van der Waals surface area contributed by atoms with Crippen molar-refractivity contribution >= 4 is 27.8 Å². The average Bonchev–Trinajstić information content (AvgIpc) is 3.24. The SMILES string of the molecule is CCCCc1nc(SC)cn1Cc1ccc(-c2ccccc2S(=O)(=O)NC(=O)NC(C)(O)CC)cc1. The van der Waals surface area contributed by atoms with Gasteiger partial charge in [-0.1, -0.05) is 62.7 Å². The minimum absolute atomic E-state index is 0.0230. The van der Waals surface area contributed by atoms with Crippen LogP contribution in [0.15, 0.2) is 64.6 Å². The van der Waals surface area contributed by atoms with Crippen LogP contribution in [-0.2, 0) is 23.0 Å². The van der Waals surface area contributed by atoms with E-state index in [1.165, 1.54) is 13.0 Å². The van der Waals surface area contributed by atoms with E-state index >= 15 is 0 Å². The number of rotatable bonds is 11. The van der Waals surface area contributed by atoms with E-state index in [2.05, 4.69) is 23.0 Å². The molecular weight excluding hydrogens is 496 g/mol. The number of carbonyl (C=O) groups is 1. The number of hydrogen-bond acceptors (Lipinski definition) is 6. The Balaban J connectivity index is 1.82. The summed E-state index contributed by atoms with van der Waals surface area (Å²) in [5, 5.41) is 13.3. The monoisotopic (exact) mass is 530 g/mol. The standard InChI is InChI=1S/C26H34N4O4S2/c1-5-7-12-23-27-24(35-4)18-30(23)17-19-13-15-20(16-14-19)21-10-8-9-11-22(21)36(33,34)29-25(31)28-26(3,32)6-2/h8-11,13-16,18,32H,5-7,12,17H2,1-4H3,(H2,28,29,31). The summed E-state index contributed by atoms with van der Waals surface area (Å²) in [6.07, 6.45) is 7.42. The van der Waals surface area contributed by atoms with Gasteiger partial charge in [0.2, 0.25) is 0 Å². The van der Waals surface area contributed by atoms with E-state index in [-0.39, 0.29) is 11.3 Å². The van der Waals surface area contributed by atoms with Gasteiger partial charge in [-0.15, -0.1) is 11.8 Å². The normalized spacial score (nSPS) is 13.2. The number of nitrogens with one attached hydrogen (secondary N) is 2. The molecule has 1 heterocycles. The van der Waals surface area contributed by atoms with Gasteiger partial charge >= 0.3 is 6.03 Å². The van der Waals surface area contributed by atoms with Gasteiger partial charge in [-0.25, -0.2) is 22.9 Å². The molecule has 194 valence electrons. The summed E-state index contributed by atoms with van der Waals surface area (Å²) in [4.78, 5) is 16.9. The first-order valence-corrected chi connectivity index (χ1v) is 14.6. The van der Waals surface area contributed by atoms with E-state index in [1.807, 2.05) is 35.2 Å². The van der Waals surface area contributed by atoms with E-state index in [1.54, 1.807) is 36.9 Å². The van der Waals surface area contributed by atoms with E-state index in [0.717, 1.165) is 35.7 Å². The molecule has 2 aromatic carbocycles. The molecule has 3 rings (SSSR count). The predicted molar refractivity (Wildman–Crippen MR) is 143 cm³/mol. The molecule has 2 amide bonds. The third-order valence-electron chi connectivity index (χ3n) is 5.89. The van der Waals surface area contributed by atoms with Gasteiger partial charge in [-0.3, -0.25) is 0 Å². The molecule has 0 radical (unpaired) electrons. The van der Waals surface area contributed by atoms with Gasteiger partial charge in [0.05, 0.1) is 4.90 Å². The van der Waals surface area contributed by atoms with Gasteiger partial charge < -0.3 is 15.0 Å². The van der Waals surface area contributed by atoms with Crippen molar-refractivity contribution in [1.82, 2.24) is 19.6 Å². The van der Waals surface area contributed by atoms with Gasteiger partial charge in [0.1, 0.15) is 16.6 Å². The molecule has 1 aromatic heterocycles. The maximum atomic E-state index is 13.0. The first kappa shape index (κ1) is 27.8. The first-order chi connectivity index (χ1) is 17.1. The summed E-state index contributed by atoms with van der Waals surface area (Å²) in [5.41, 5.74) is 0.739. The molecule has 0 aliphatic rings. The van der Waals surface area contributed by atoms with Gasteiger partial charge in [-0.2, -0.15) is 0 Å². The van der Waals surface area contributed by atoms with Crippen LogP contribution in [0.3, 0.4) is 0 Å². The molecule has 3 N–H and O–H groups in total. The molecule has 0 fully saturated rings. The molecule has 0 saturated heterocycles. The second-order valence-electron chi connectivity index (χ2n) is 8.81. The number of unbranched alkanes of at least 4 members (excludes halogenated alkanes) is 1. The highest BCUT2D eigenvalue weighted by Gasteiger charge is 2.26. The fourth-order valence-electron chi connectivity index (χ4n) is 3.66. The first-order valence-electron chi connectivity index (χ1n) is 11.9. The van der Waals surface area contributed by atoms with Crippen molar-refractivity contribution < 1.29 is 18.3 Å². The van der Waals surface area contributed by atoms with Gasteiger partial charge in [-0.05, 0) is 43.2 Å². The molecule has 0 aliphatic heterocycles. The summed E-state index contributed by atoms with van der Waals surface area (Å²) < 4.78 is 30.2. The maximum Gasteiger partial charge on any atom is 0.330 e. The van der Waals surface area contributed by atoms with Crippen molar-refractivity contribution in [2.24, 2.45) is 0 Å². The molecule has 1 atom stereocenters. The van der Waals surface area contributed by atoms with Gasteiger partial charge in [0.15, 0.2) is 0 Å². The van der Waals surface area contributed by atoms with Crippen LogP contribution < -0.4 is 10.0 Å². The topological polar surface area (TPSA) is 113 Å². The van der Waals surface area contributed by atoms with Crippen LogP contribution in [0.1, 0.15) is 51.4 Å². The quantitative estimate of drug-likeness (QED) is 0.243. The fraction of sp³-hybridized carbons (Fsp3) is 0.385. The lowest BCUT2D eigenvalue weighted by Crippen LogP contribution is -2.51. The lowest BCUT2D eigenvalue weighted by Gasteiger charge is -2.23. The summed E-state index contributed by atoms with van der Waals surface area (Å²) in [6, 6.07) is 13.2. The fourth-order valence-corrected chi connectivity index (χ4v) is 5.23.